The minimum atomic E-state index is -1.55. The van der Waals surface area contributed by atoms with Crippen molar-refractivity contribution in [3.05, 3.63) is 173 Å². The lowest BCUT2D eigenvalue weighted by molar-refractivity contribution is -0.275. The molecular formula is C42H35NO11. The maximum absolute atomic E-state index is 13.8. The van der Waals surface area contributed by atoms with Crippen LogP contribution in [0, 0.1) is 0 Å². The smallest absolute Gasteiger partial charge is 0.338 e. The van der Waals surface area contributed by atoms with Gasteiger partial charge in [-0.25, -0.2) is 19.2 Å². The number of rotatable bonds is 13. The van der Waals surface area contributed by atoms with Crippen LogP contribution in [0.4, 0.5) is 0 Å². The molecule has 1 aliphatic rings. The molecule has 0 saturated carbocycles. The van der Waals surface area contributed by atoms with E-state index < -0.39 is 61.2 Å². The van der Waals surface area contributed by atoms with E-state index >= 15 is 0 Å². The van der Waals surface area contributed by atoms with Crippen LogP contribution in [0.25, 0.3) is 0 Å². The number of ether oxygens (including phenoxy) is 6. The summed E-state index contributed by atoms with van der Waals surface area (Å²) in [5, 5.41) is 3.76. The van der Waals surface area contributed by atoms with Crippen molar-refractivity contribution in [2.45, 2.75) is 30.7 Å². The summed E-state index contributed by atoms with van der Waals surface area (Å²) >= 11 is 0. The van der Waals surface area contributed by atoms with Gasteiger partial charge in [-0.05, 0) is 78.4 Å². The molecule has 0 radical (unpaired) electrons. The van der Waals surface area contributed by atoms with Gasteiger partial charge in [-0.2, -0.15) is 0 Å². The van der Waals surface area contributed by atoms with E-state index in [0.29, 0.717) is 5.56 Å². The third-order valence-electron chi connectivity index (χ3n) is 8.18. The number of carbonyl (C=O) groups excluding carboxylic acids is 4. The molecule has 1 heterocycles. The summed E-state index contributed by atoms with van der Waals surface area (Å²) in [5.74, 6) is -2.83. The Labute approximate surface area is 310 Å². The molecule has 12 heteroatoms. The maximum Gasteiger partial charge on any atom is 0.338 e. The normalized spacial score (nSPS) is 19.2. The van der Waals surface area contributed by atoms with Crippen LogP contribution in [0.2, 0.25) is 0 Å². The summed E-state index contributed by atoms with van der Waals surface area (Å²) < 4.78 is 36.6. The highest BCUT2D eigenvalue weighted by molar-refractivity contribution is 5.91. The highest BCUT2D eigenvalue weighted by Crippen LogP contribution is 2.32. The van der Waals surface area contributed by atoms with Gasteiger partial charge in [0.1, 0.15) is 25.6 Å². The molecule has 1 aliphatic heterocycles. The molecule has 0 amide bonds. The van der Waals surface area contributed by atoms with Crippen molar-refractivity contribution in [3.8, 4) is 5.75 Å². The highest BCUT2D eigenvalue weighted by atomic mass is 16.7. The molecule has 5 aromatic carbocycles. The molecule has 1 fully saturated rings. The number of hydrogen-bond acceptors (Lipinski definition) is 12. The summed E-state index contributed by atoms with van der Waals surface area (Å²) in [6.07, 6.45) is -5.87. The Morgan fingerprint density at radius 1 is 0.556 bits per heavy atom. The molecule has 12 nitrogen and oxygen atoms in total. The Hall–Kier alpha value is -6.79. The van der Waals surface area contributed by atoms with Crippen LogP contribution < -0.4 is 4.74 Å². The molecule has 6 rings (SSSR count). The fourth-order valence-corrected chi connectivity index (χ4v) is 5.50. The van der Waals surface area contributed by atoms with Gasteiger partial charge in [-0.15, -0.1) is 0 Å². The fourth-order valence-electron chi connectivity index (χ4n) is 5.50. The number of esters is 4. The Morgan fingerprint density at radius 2 is 0.981 bits per heavy atom. The number of hydrogen-bond donors (Lipinski definition) is 0. The molecule has 0 aromatic heterocycles. The molecule has 274 valence electrons. The first-order valence-corrected chi connectivity index (χ1v) is 16.9. The lowest BCUT2D eigenvalue weighted by Crippen LogP contribution is -2.63. The van der Waals surface area contributed by atoms with E-state index in [1.807, 2.05) is 0 Å². The number of carbonyl (C=O) groups is 4. The van der Waals surface area contributed by atoms with Gasteiger partial charge in [0.2, 0.25) is 12.4 Å². The second-order valence-electron chi connectivity index (χ2n) is 11.8. The topological polar surface area (TPSA) is 145 Å². The second-order valence-corrected chi connectivity index (χ2v) is 11.8. The van der Waals surface area contributed by atoms with Crippen molar-refractivity contribution in [2.75, 3.05) is 13.7 Å². The predicted molar refractivity (Wildman–Crippen MR) is 194 cm³/mol. The molecule has 1 saturated heterocycles. The summed E-state index contributed by atoms with van der Waals surface area (Å²) in [6, 6.07) is 39.3. The van der Waals surface area contributed by atoms with E-state index in [0.717, 1.165) is 0 Å². The molecule has 0 unspecified atom stereocenters. The Kier molecular flexibility index (Phi) is 12.4. The molecule has 0 aliphatic carbocycles. The molecule has 0 N–H and O–H groups in total. The van der Waals surface area contributed by atoms with Crippen LogP contribution in [-0.2, 0) is 28.5 Å². The van der Waals surface area contributed by atoms with Crippen LogP contribution in [0.5, 0.6) is 5.75 Å². The second kappa shape index (κ2) is 18.1. The number of nitrogens with zero attached hydrogens (tertiary/aromatic N) is 1. The van der Waals surface area contributed by atoms with Crippen LogP contribution >= 0.6 is 0 Å². The van der Waals surface area contributed by atoms with Gasteiger partial charge in [0.05, 0.1) is 28.5 Å². The fraction of sp³-hybridized carbons (Fsp3) is 0.167. The summed E-state index contributed by atoms with van der Waals surface area (Å²) in [4.78, 5) is 59.0. The van der Waals surface area contributed by atoms with Crippen molar-refractivity contribution in [3.63, 3.8) is 0 Å². The van der Waals surface area contributed by atoms with Crippen molar-refractivity contribution < 1.29 is 52.4 Å². The van der Waals surface area contributed by atoms with Crippen molar-refractivity contribution in [1.29, 1.82) is 0 Å². The van der Waals surface area contributed by atoms with Gasteiger partial charge >= 0.3 is 23.9 Å². The maximum atomic E-state index is 13.8. The monoisotopic (exact) mass is 729 g/mol. The van der Waals surface area contributed by atoms with E-state index in [1.54, 1.807) is 146 Å². The van der Waals surface area contributed by atoms with Crippen LogP contribution in [0.3, 0.4) is 0 Å². The first-order chi connectivity index (χ1) is 26.4. The van der Waals surface area contributed by atoms with Gasteiger partial charge in [-0.1, -0.05) is 78.0 Å². The van der Waals surface area contributed by atoms with E-state index in [2.05, 4.69) is 5.16 Å². The molecule has 0 spiro atoms. The lowest BCUT2D eigenvalue weighted by atomic mass is 9.97. The average molecular weight is 730 g/mol. The van der Waals surface area contributed by atoms with E-state index in [1.165, 1.54) is 13.3 Å². The van der Waals surface area contributed by atoms with Crippen LogP contribution in [0.15, 0.2) is 151 Å². The third-order valence-corrected chi connectivity index (χ3v) is 8.18. The highest BCUT2D eigenvalue weighted by Gasteiger charge is 2.54. The molecule has 54 heavy (non-hydrogen) atoms. The van der Waals surface area contributed by atoms with Gasteiger partial charge in [0, 0.05) is 0 Å². The summed E-state index contributed by atoms with van der Waals surface area (Å²) in [7, 11) is 1.42. The molecule has 0 bridgehead atoms. The van der Waals surface area contributed by atoms with E-state index in [9.17, 15) is 19.2 Å². The van der Waals surface area contributed by atoms with Gasteiger partial charge in [-0.3, -0.25) is 0 Å². The molecular weight excluding hydrogens is 694 g/mol. The van der Waals surface area contributed by atoms with Gasteiger partial charge in [0.25, 0.3) is 0 Å². The minimum absolute atomic E-state index is 0.170. The van der Waals surface area contributed by atoms with Gasteiger partial charge < -0.3 is 33.3 Å². The van der Waals surface area contributed by atoms with Crippen molar-refractivity contribution in [1.82, 2.24) is 0 Å². The molecule has 5 aromatic rings. The molecule has 5 atom stereocenters. The average Bonchev–Trinajstić information content (AvgIpc) is 3.22. The number of benzene rings is 5. The van der Waals surface area contributed by atoms with Crippen LogP contribution in [0.1, 0.15) is 47.0 Å². The van der Waals surface area contributed by atoms with Crippen molar-refractivity contribution >= 4 is 30.1 Å². The zero-order valence-corrected chi connectivity index (χ0v) is 29.0. The predicted octanol–water partition coefficient (Wildman–Crippen LogP) is 6.30. The SMILES string of the molecule is CO/N=C\c1ccc(O[C@@H]2O[C@H](COC(=O)c3ccccc3)[C@@H](OC(=O)c3ccccc3)[C@@H](OC(=O)c3ccccc3)[C@H]2OC(=O)c2ccccc2)cc1. The first-order valence-electron chi connectivity index (χ1n) is 16.9. The standard InChI is InChI=1S/C42H35NO11/c1-48-43-26-28-22-24-33(25-23-28)50-42-37(54-41(47)32-20-12-5-13-21-32)36(53-40(46)31-18-10-4-11-19-31)35(52-39(45)30-16-8-3-9-17-30)34(51-42)27-49-38(44)29-14-6-2-7-15-29/h2-26,34-37,42H,27H2,1H3/b43-26-/t34-,35-,36-,37-,42-/m1/s1. The largest absolute Gasteiger partial charge is 0.461 e. The Morgan fingerprint density at radius 3 is 1.44 bits per heavy atom. The van der Waals surface area contributed by atoms with Crippen molar-refractivity contribution in [2.24, 2.45) is 5.16 Å². The summed E-state index contributed by atoms with van der Waals surface area (Å²) in [5.41, 5.74) is 1.48. The third kappa shape index (κ3) is 9.55. The Balaban J connectivity index is 1.41. The lowest BCUT2D eigenvalue weighted by Gasteiger charge is -2.44. The quantitative estimate of drug-likeness (QED) is 0.0582. The van der Waals surface area contributed by atoms with E-state index in [4.69, 9.17) is 33.3 Å². The van der Waals surface area contributed by atoms with Crippen LogP contribution in [-0.4, -0.2) is 74.5 Å². The van der Waals surface area contributed by atoms with Gasteiger partial charge in [0.15, 0.2) is 12.2 Å². The minimum Gasteiger partial charge on any atom is -0.461 e. The zero-order chi connectivity index (χ0) is 37.7. The number of oxime groups is 1. The van der Waals surface area contributed by atoms with E-state index in [-0.39, 0.29) is 28.0 Å². The zero-order valence-electron chi connectivity index (χ0n) is 29.0. The first kappa shape index (κ1) is 37.0. The Bertz CT molecular complexity index is 2030. The summed E-state index contributed by atoms with van der Waals surface area (Å²) in [6.45, 7) is -0.481.